The zero-order valence-corrected chi connectivity index (χ0v) is 17.2. The zero-order chi connectivity index (χ0) is 20.4. The summed E-state index contributed by atoms with van der Waals surface area (Å²) in [5.41, 5.74) is 0.347. The molecule has 28 heavy (non-hydrogen) atoms. The summed E-state index contributed by atoms with van der Waals surface area (Å²) >= 11 is 0. The molecule has 6 nitrogen and oxygen atoms in total. The van der Waals surface area contributed by atoms with Gasteiger partial charge in [-0.25, -0.2) is 0 Å². The van der Waals surface area contributed by atoms with E-state index in [0.29, 0.717) is 12.2 Å². The lowest BCUT2D eigenvalue weighted by molar-refractivity contribution is 0.0947. The predicted molar refractivity (Wildman–Crippen MR) is 112 cm³/mol. The van der Waals surface area contributed by atoms with Gasteiger partial charge < -0.3 is 10.4 Å². The number of hydrogen-bond acceptors (Lipinski definition) is 4. The number of aromatic hydroxyl groups is 1. The van der Waals surface area contributed by atoms with Crippen LogP contribution in [0.1, 0.15) is 87.1 Å². The van der Waals surface area contributed by atoms with Gasteiger partial charge in [-0.1, -0.05) is 70.8 Å². The van der Waals surface area contributed by atoms with Gasteiger partial charge in [0.15, 0.2) is 5.56 Å². The van der Waals surface area contributed by atoms with Crippen molar-refractivity contribution >= 4 is 11.6 Å². The minimum atomic E-state index is -0.568. The van der Waals surface area contributed by atoms with E-state index in [2.05, 4.69) is 17.2 Å². The highest BCUT2D eigenvalue weighted by Gasteiger charge is 2.19. The van der Waals surface area contributed by atoms with Crippen LogP contribution in [0.25, 0.3) is 5.65 Å². The molecule has 2 heterocycles. The maximum absolute atomic E-state index is 12.5. The fraction of sp³-hybridized carbons (Fsp3) is 0.591. The highest BCUT2D eigenvalue weighted by molar-refractivity contribution is 5.96. The van der Waals surface area contributed by atoms with Gasteiger partial charge in [-0.05, 0) is 25.0 Å². The van der Waals surface area contributed by atoms with Crippen LogP contribution in [-0.2, 0) is 0 Å². The molecule has 2 aromatic rings. The van der Waals surface area contributed by atoms with E-state index in [9.17, 15) is 14.7 Å². The second kappa shape index (κ2) is 11.5. The number of unbranched alkanes of at least 4 members (excludes halogenated alkanes) is 9. The molecule has 2 aromatic heterocycles. The van der Waals surface area contributed by atoms with Crippen LogP contribution in [0.4, 0.5) is 0 Å². The van der Waals surface area contributed by atoms with Crippen molar-refractivity contribution in [1.29, 1.82) is 0 Å². The molecule has 0 fully saturated rings. The van der Waals surface area contributed by atoms with Crippen molar-refractivity contribution in [3.05, 3.63) is 39.8 Å². The molecule has 0 radical (unpaired) electrons. The largest absolute Gasteiger partial charge is 0.493 e. The first-order chi connectivity index (χ1) is 13.5. The molecule has 154 valence electrons. The lowest BCUT2D eigenvalue weighted by atomic mass is 10.1. The standard InChI is InChI=1S/C22H33N3O3/c1-3-4-5-6-7-8-9-10-11-12-15-23-20(26)19-21(27)24-18-14-13-17(2)16-25(18)22(19)28/h13-14,16,27H,3-12,15H2,1-2H3,(H,23,26). The lowest BCUT2D eigenvalue weighted by Crippen LogP contribution is -2.32. The molecule has 2 N–H and O–H groups in total. The molecule has 0 aliphatic heterocycles. The van der Waals surface area contributed by atoms with Crippen LogP contribution >= 0.6 is 0 Å². The summed E-state index contributed by atoms with van der Waals surface area (Å²) in [6, 6.07) is 3.44. The minimum absolute atomic E-state index is 0.296. The Morgan fingerprint density at radius 2 is 1.64 bits per heavy atom. The first-order valence-corrected chi connectivity index (χ1v) is 10.5. The van der Waals surface area contributed by atoms with Gasteiger partial charge in [0, 0.05) is 12.7 Å². The Balaban J connectivity index is 1.74. The Kier molecular flexibility index (Phi) is 8.98. The Labute approximate surface area is 167 Å². The molecule has 0 unspecified atom stereocenters. The van der Waals surface area contributed by atoms with E-state index in [1.807, 2.05) is 6.92 Å². The number of amides is 1. The van der Waals surface area contributed by atoms with Crippen LogP contribution in [0, 0.1) is 6.92 Å². The number of fused-ring (bicyclic) bond motifs is 1. The van der Waals surface area contributed by atoms with Gasteiger partial charge in [-0.3, -0.25) is 14.0 Å². The summed E-state index contributed by atoms with van der Waals surface area (Å²) in [5, 5.41) is 12.8. The third-order valence-electron chi connectivity index (χ3n) is 4.99. The predicted octanol–water partition coefficient (Wildman–Crippen LogP) is 4.36. The molecule has 0 bridgehead atoms. The van der Waals surface area contributed by atoms with Crippen molar-refractivity contribution in [2.45, 2.75) is 78.1 Å². The topological polar surface area (TPSA) is 83.7 Å². The van der Waals surface area contributed by atoms with Crippen LogP contribution in [0.2, 0.25) is 0 Å². The van der Waals surface area contributed by atoms with E-state index in [0.717, 1.165) is 24.8 Å². The molecule has 0 aliphatic carbocycles. The smallest absolute Gasteiger partial charge is 0.274 e. The van der Waals surface area contributed by atoms with E-state index < -0.39 is 17.3 Å². The number of nitrogens with zero attached hydrogens (tertiary/aromatic N) is 2. The second-order valence-electron chi connectivity index (χ2n) is 7.49. The minimum Gasteiger partial charge on any atom is -0.493 e. The molecule has 6 heteroatoms. The molecular weight excluding hydrogens is 354 g/mol. The van der Waals surface area contributed by atoms with Crippen molar-refractivity contribution in [3.63, 3.8) is 0 Å². The second-order valence-corrected chi connectivity index (χ2v) is 7.49. The lowest BCUT2D eigenvalue weighted by Gasteiger charge is -2.08. The first-order valence-electron chi connectivity index (χ1n) is 10.5. The van der Waals surface area contributed by atoms with Gasteiger partial charge in [0.25, 0.3) is 11.5 Å². The van der Waals surface area contributed by atoms with Crippen LogP contribution in [0.3, 0.4) is 0 Å². The Bertz CT molecular complexity index is 830. The van der Waals surface area contributed by atoms with E-state index in [1.165, 1.54) is 49.3 Å². The zero-order valence-electron chi connectivity index (χ0n) is 17.2. The summed E-state index contributed by atoms with van der Waals surface area (Å²) in [6.07, 6.45) is 13.8. The van der Waals surface area contributed by atoms with Gasteiger partial charge in [0.2, 0.25) is 5.88 Å². The molecule has 0 saturated carbocycles. The van der Waals surface area contributed by atoms with Crippen LogP contribution in [-0.4, -0.2) is 26.9 Å². The third kappa shape index (κ3) is 6.36. The molecule has 0 spiro atoms. The van der Waals surface area contributed by atoms with Crippen molar-refractivity contribution in [2.24, 2.45) is 0 Å². The highest BCUT2D eigenvalue weighted by Crippen LogP contribution is 2.13. The number of rotatable bonds is 12. The monoisotopic (exact) mass is 387 g/mol. The summed E-state index contributed by atoms with van der Waals surface area (Å²) in [5.74, 6) is -1.09. The summed E-state index contributed by atoms with van der Waals surface area (Å²) in [6.45, 7) is 4.57. The van der Waals surface area contributed by atoms with Gasteiger partial charge in [0.1, 0.15) is 5.65 Å². The molecule has 1 amide bonds. The average Bonchev–Trinajstić information content (AvgIpc) is 2.67. The van der Waals surface area contributed by atoms with Gasteiger partial charge in [-0.15, -0.1) is 0 Å². The number of pyridine rings is 1. The maximum Gasteiger partial charge on any atom is 0.274 e. The summed E-state index contributed by atoms with van der Waals surface area (Å²) in [4.78, 5) is 28.9. The van der Waals surface area contributed by atoms with Crippen molar-refractivity contribution in [3.8, 4) is 5.88 Å². The van der Waals surface area contributed by atoms with Crippen LogP contribution < -0.4 is 10.9 Å². The molecule has 0 atom stereocenters. The molecule has 0 saturated heterocycles. The molecule has 0 aliphatic rings. The normalized spacial score (nSPS) is 11.1. The van der Waals surface area contributed by atoms with Crippen LogP contribution in [0.15, 0.2) is 23.1 Å². The molecule has 2 rings (SSSR count). The van der Waals surface area contributed by atoms with Crippen molar-refractivity contribution in [2.75, 3.05) is 6.54 Å². The Morgan fingerprint density at radius 3 is 2.29 bits per heavy atom. The van der Waals surface area contributed by atoms with Gasteiger partial charge in [-0.2, -0.15) is 4.98 Å². The fourth-order valence-corrected chi connectivity index (χ4v) is 3.33. The highest BCUT2D eigenvalue weighted by atomic mass is 16.3. The third-order valence-corrected chi connectivity index (χ3v) is 4.99. The molecule has 0 aromatic carbocycles. The quantitative estimate of drug-likeness (QED) is 0.530. The SMILES string of the molecule is CCCCCCCCCCCCNC(=O)c1c(O)nc2ccc(C)cn2c1=O. The van der Waals surface area contributed by atoms with Crippen molar-refractivity contribution in [1.82, 2.24) is 14.7 Å². The number of aryl methyl sites for hydroxylation is 1. The number of carbonyl (C=O) groups excluding carboxylic acids is 1. The number of carbonyl (C=O) groups is 1. The average molecular weight is 388 g/mol. The fourth-order valence-electron chi connectivity index (χ4n) is 3.33. The number of hydrogen-bond donors (Lipinski definition) is 2. The number of aromatic nitrogens is 2. The van der Waals surface area contributed by atoms with E-state index in [-0.39, 0.29) is 5.56 Å². The maximum atomic E-state index is 12.5. The molecular formula is C22H33N3O3. The first kappa shape index (κ1) is 21.9. The van der Waals surface area contributed by atoms with Gasteiger partial charge >= 0.3 is 0 Å². The van der Waals surface area contributed by atoms with E-state index in [4.69, 9.17) is 0 Å². The van der Waals surface area contributed by atoms with E-state index >= 15 is 0 Å². The van der Waals surface area contributed by atoms with Crippen molar-refractivity contribution < 1.29 is 9.90 Å². The van der Waals surface area contributed by atoms with Gasteiger partial charge in [0.05, 0.1) is 0 Å². The Morgan fingerprint density at radius 1 is 1.04 bits per heavy atom. The van der Waals surface area contributed by atoms with E-state index in [1.54, 1.807) is 18.3 Å². The number of nitrogens with one attached hydrogen (secondary N) is 1. The Hall–Kier alpha value is -2.37. The van der Waals surface area contributed by atoms with Crippen LogP contribution in [0.5, 0.6) is 5.88 Å². The summed E-state index contributed by atoms with van der Waals surface area (Å²) < 4.78 is 1.30. The summed E-state index contributed by atoms with van der Waals surface area (Å²) in [7, 11) is 0.